The Morgan fingerprint density at radius 3 is 2.90 bits per heavy atom. The predicted octanol–water partition coefficient (Wildman–Crippen LogP) is 5.35. The quantitative estimate of drug-likeness (QED) is 0.465. The number of thioether (sulfide) groups is 1. The first-order valence-electron chi connectivity index (χ1n) is 10.6. The maximum Gasteiger partial charge on any atom is 0.233 e. The molecule has 7 heteroatoms. The molecule has 1 unspecified atom stereocenters. The van der Waals surface area contributed by atoms with E-state index in [0.717, 1.165) is 48.9 Å². The molecule has 4 rings (SSSR count). The van der Waals surface area contributed by atoms with E-state index in [1.165, 1.54) is 27.8 Å². The standard InChI is InChI=1S/C23H28N4OS2/c1-4-11-27-22(17-8-6-7-16(3)14-17)24-25-23(27)30-15-21(28)26-12-9-20-18(10-13-29-20)19(26)5-2/h6-8,10,13-14,19H,4-5,9,11-12,15H2,1-3H3. The second-order valence-electron chi connectivity index (χ2n) is 7.68. The van der Waals surface area contributed by atoms with Crippen molar-refractivity contribution in [2.24, 2.45) is 0 Å². The lowest BCUT2D eigenvalue weighted by Crippen LogP contribution is -2.40. The van der Waals surface area contributed by atoms with E-state index in [4.69, 9.17) is 0 Å². The molecule has 1 aliphatic rings. The van der Waals surface area contributed by atoms with Crippen LogP contribution in [0.2, 0.25) is 0 Å². The molecule has 0 fully saturated rings. The molecule has 158 valence electrons. The van der Waals surface area contributed by atoms with Crippen molar-refractivity contribution in [2.45, 2.75) is 57.8 Å². The molecular weight excluding hydrogens is 412 g/mol. The summed E-state index contributed by atoms with van der Waals surface area (Å²) in [6, 6.07) is 10.7. The van der Waals surface area contributed by atoms with Gasteiger partial charge in [-0.1, -0.05) is 49.4 Å². The van der Waals surface area contributed by atoms with E-state index in [2.05, 4.69) is 70.1 Å². The number of hydrogen-bond acceptors (Lipinski definition) is 5. The maximum atomic E-state index is 13.1. The molecule has 0 saturated heterocycles. The first kappa shape index (κ1) is 21.1. The molecule has 0 N–H and O–H groups in total. The molecule has 3 heterocycles. The van der Waals surface area contributed by atoms with E-state index in [1.54, 1.807) is 0 Å². The average molecular weight is 441 g/mol. The van der Waals surface area contributed by atoms with Gasteiger partial charge in [0.15, 0.2) is 11.0 Å². The third-order valence-corrected chi connectivity index (χ3v) is 7.52. The lowest BCUT2D eigenvalue weighted by Gasteiger charge is -2.35. The Kier molecular flexibility index (Phi) is 6.58. The minimum absolute atomic E-state index is 0.187. The van der Waals surface area contributed by atoms with Gasteiger partial charge >= 0.3 is 0 Å². The van der Waals surface area contributed by atoms with Gasteiger partial charge in [0, 0.05) is 23.5 Å². The average Bonchev–Trinajstić information content (AvgIpc) is 3.38. The van der Waals surface area contributed by atoms with Crippen molar-refractivity contribution in [3.63, 3.8) is 0 Å². The van der Waals surface area contributed by atoms with Crippen molar-refractivity contribution in [1.29, 1.82) is 0 Å². The molecular formula is C23H28N4OS2. The number of fused-ring (bicyclic) bond motifs is 1. The Balaban J connectivity index is 1.50. The molecule has 3 aromatic rings. The fourth-order valence-corrected chi connectivity index (χ4v) is 5.94. The van der Waals surface area contributed by atoms with Gasteiger partial charge in [-0.2, -0.15) is 0 Å². The van der Waals surface area contributed by atoms with Crippen LogP contribution in [0.25, 0.3) is 11.4 Å². The number of hydrogen-bond donors (Lipinski definition) is 0. The number of rotatable bonds is 7. The number of carbonyl (C=O) groups is 1. The van der Waals surface area contributed by atoms with Crippen molar-refractivity contribution in [3.05, 3.63) is 51.7 Å². The largest absolute Gasteiger partial charge is 0.335 e. The van der Waals surface area contributed by atoms with E-state index in [-0.39, 0.29) is 11.9 Å². The van der Waals surface area contributed by atoms with E-state index in [9.17, 15) is 4.79 Å². The fraction of sp³-hybridized carbons (Fsp3) is 0.435. The minimum atomic E-state index is 0.187. The van der Waals surface area contributed by atoms with Gasteiger partial charge in [-0.25, -0.2) is 0 Å². The van der Waals surface area contributed by atoms with Crippen molar-refractivity contribution >= 4 is 29.0 Å². The van der Waals surface area contributed by atoms with Gasteiger partial charge in [0.05, 0.1) is 11.8 Å². The second-order valence-corrected chi connectivity index (χ2v) is 9.62. The number of aromatic nitrogens is 3. The molecule has 1 aliphatic heterocycles. The van der Waals surface area contributed by atoms with Crippen LogP contribution in [0.15, 0.2) is 40.9 Å². The van der Waals surface area contributed by atoms with Crippen LogP contribution in [0.4, 0.5) is 0 Å². The molecule has 0 bridgehead atoms. The Labute approximate surface area is 186 Å². The van der Waals surface area contributed by atoms with Gasteiger partial charge in [-0.3, -0.25) is 4.79 Å². The molecule has 0 saturated carbocycles. The Morgan fingerprint density at radius 2 is 2.13 bits per heavy atom. The zero-order valence-electron chi connectivity index (χ0n) is 17.8. The number of aryl methyl sites for hydroxylation is 1. The molecule has 1 atom stereocenters. The normalized spacial score (nSPS) is 16.0. The van der Waals surface area contributed by atoms with Crippen LogP contribution in [0.3, 0.4) is 0 Å². The van der Waals surface area contributed by atoms with Crippen LogP contribution < -0.4 is 0 Å². The van der Waals surface area contributed by atoms with Crippen molar-refractivity contribution in [2.75, 3.05) is 12.3 Å². The van der Waals surface area contributed by atoms with E-state index in [1.807, 2.05) is 17.4 Å². The highest BCUT2D eigenvalue weighted by atomic mass is 32.2. The SMILES string of the molecule is CCCn1c(SCC(=O)N2CCc3sccc3C2CC)nnc1-c1cccc(C)c1. The third kappa shape index (κ3) is 4.18. The first-order chi connectivity index (χ1) is 14.6. The molecule has 2 aromatic heterocycles. The fourth-order valence-electron chi connectivity index (χ4n) is 4.16. The lowest BCUT2D eigenvalue weighted by atomic mass is 9.98. The summed E-state index contributed by atoms with van der Waals surface area (Å²) in [6.07, 6.45) is 2.90. The molecule has 5 nitrogen and oxygen atoms in total. The van der Waals surface area contributed by atoms with Gasteiger partial charge in [-0.05, 0) is 49.3 Å². The van der Waals surface area contributed by atoms with Crippen LogP contribution in [0.1, 0.15) is 48.7 Å². The van der Waals surface area contributed by atoms with Crippen LogP contribution in [-0.4, -0.2) is 37.9 Å². The minimum Gasteiger partial charge on any atom is -0.335 e. The van der Waals surface area contributed by atoms with Gasteiger partial charge in [0.25, 0.3) is 0 Å². The lowest BCUT2D eigenvalue weighted by molar-refractivity contribution is -0.131. The van der Waals surface area contributed by atoms with Crippen LogP contribution in [-0.2, 0) is 17.8 Å². The summed E-state index contributed by atoms with van der Waals surface area (Å²) in [5, 5.41) is 11.9. The Morgan fingerprint density at radius 1 is 1.27 bits per heavy atom. The highest BCUT2D eigenvalue weighted by Gasteiger charge is 2.30. The number of thiophene rings is 1. The van der Waals surface area contributed by atoms with Crippen LogP contribution in [0.5, 0.6) is 0 Å². The van der Waals surface area contributed by atoms with Crippen molar-refractivity contribution < 1.29 is 4.79 Å². The van der Waals surface area contributed by atoms with Gasteiger partial charge in [0.2, 0.25) is 5.91 Å². The Hall–Kier alpha value is -2.12. The highest BCUT2D eigenvalue weighted by molar-refractivity contribution is 7.99. The summed E-state index contributed by atoms with van der Waals surface area (Å²) in [5.74, 6) is 1.46. The summed E-state index contributed by atoms with van der Waals surface area (Å²) in [4.78, 5) is 16.6. The van der Waals surface area contributed by atoms with Gasteiger partial charge in [0.1, 0.15) is 0 Å². The molecule has 0 spiro atoms. The zero-order chi connectivity index (χ0) is 21.1. The van der Waals surface area contributed by atoms with E-state index in [0.29, 0.717) is 5.75 Å². The van der Waals surface area contributed by atoms with E-state index >= 15 is 0 Å². The van der Waals surface area contributed by atoms with Gasteiger partial charge < -0.3 is 9.47 Å². The van der Waals surface area contributed by atoms with Crippen molar-refractivity contribution in [1.82, 2.24) is 19.7 Å². The summed E-state index contributed by atoms with van der Waals surface area (Å²) < 4.78 is 2.15. The number of nitrogens with zero attached hydrogens (tertiary/aromatic N) is 4. The third-order valence-electron chi connectivity index (χ3n) is 5.57. The number of amides is 1. The molecule has 0 aliphatic carbocycles. The molecule has 30 heavy (non-hydrogen) atoms. The smallest absolute Gasteiger partial charge is 0.233 e. The molecule has 1 amide bonds. The summed E-state index contributed by atoms with van der Waals surface area (Å²) >= 11 is 3.32. The molecule has 1 aromatic carbocycles. The zero-order valence-corrected chi connectivity index (χ0v) is 19.4. The summed E-state index contributed by atoms with van der Waals surface area (Å²) in [6.45, 7) is 8.04. The topological polar surface area (TPSA) is 51.0 Å². The van der Waals surface area contributed by atoms with Crippen molar-refractivity contribution in [3.8, 4) is 11.4 Å². The maximum absolute atomic E-state index is 13.1. The van der Waals surface area contributed by atoms with Gasteiger partial charge in [-0.15, -0.1) is 21.5 Å². The number of benzene rings is 1. The first-order valence-corrected chi connectivity index (χ1v) is 12.5. The number of carbonyl (C=O) groups excluding carboxylic acids is 1. The summed E-state index contributed by atoms with van der Waals surface area (Å²) in [7, 11) is 0. The summed E-state index contributed by atoms with van der Waals surface area (Å²) in [5.41, 5.74) is 3.61. The van der Waals surface area contributed by atoms with Crippen LogP contribution >= 0.6 is 23.1 Å². The van der Waals surface area contributed by atoms with Crippen LogP contribution in [0, 0.1) is 6.92 Å². The van der Waals surface area contributed by atoms with E-state index < -0.39 is 0 Å². The highest BCUT2D eigenvalue weighted by Crippen LogP contribution is 2.36. The Bertz CT molecular complexity index is 1030. The predicted molar refractivity (Wildman–Crippen MR) is 124 cm³/mol. The molecule has 0 radical (unpaired) electrons. The monoisotopic (exact) mass is 440 g/mol. The second kappa shape index (κ2) is 9.35.